The molecule has 4 aromatic rings. The van der Waals surface area contributed by atoms with Crippen molar-refractivity contribution >= 4 is 34.8 Å². The van der Waals surface area contributed by atoms with Gasteiger partial charge in [0.25, 0.3) is 5.91 Å². The topological polar surface area (TPSA) is 85.2 Å². The predicted octanol–water partition coefficient (Wildman–Crippen LogP) is 5.03. The number of methoxy groups -OCH3 is 1. The molecule has 2 N–H and O–H groups in total. The number of anilines is 2. The van der Waals surface area contributed by atoms with Crippen LogP contribution in [0.4, 0.5) is 11.4 Å². The highest BCUT2D eigenvalue weighted by Crippen LogP contribution is 2.16. The van der Waals surface area contributed by atoms with E-state index in [0.717, 1.165) is 22.6 Å². The van der Waals surface area contributed by atoms with Gasteiger partial charge in [0.15, 0.2) is 0 Å². The molecule has 0 atom stereocenters. The summed E-state index contributed by atoms with van der Waals surface area (Å²) in [7, 11) is 1.61. The molecule has 0 unspecified atom stereocenters. The van der Waals surface area contributed by atoms with Crippen molar-refractivity contribution in [2.24, 2.45) is 0 Å². The normalized spacial score (nSPS) is 10.5. The Morgan fingerprint density at radius 2 is 1.50 bits per heavy atom. The highest BCUT2D eigenvalue weighted by atomic mass is 35.5. The monoisotopic (exact) mass is 474 g/mol. The Balaban J connectivity index is 1.30. The first-order valence-corrected chi connectivity index (χ1v) is 11.0. The van der Waals surface area contributed by atoms with E-state index >= 15 is 0 Å². The number of imidazole rings is 1. The van der Waals surface area contributed by atoms with E-state index in [0.29, 0.717) is 22.9 Å². The van der Waals surface area contributed by atoms with Crippen LogP contribution in [0.15, 0.2) is 85.3 Å². The van der Waals surface area contributed by atoms with Crippen molar-refractivity contribution in [1.29, 1.82) is 0 Å². The molecular weight excluding hydrogens is 452 g/mol. The summed E-state index contributed by atoms with van der Waals surface area (Å²) in [6.45, 7) is 0.543. The number of halogens is 1. The van der Waals surface area contributed by atoms with Gasteiger partial charge in [-0.15, -0.1) is 0 Å². The number of amides is 2. The lowest BCUT2D eigenvalue weighted by molar-refractivity contribution is -0.115. The van der Waals surface area contributed by atoms with Gasteiger partial charge in [-0.2, -0.15) is 0 Å². The fourth-order valence-electron chi connectivity index (χ4n) is 3.33. The highest BCUT2D eigenvalue weighted by Gasteiger charge is 2.10. The van der Waals surface area contributed by atoms with Crippen molar-refractivity contribution < 1.29 is 14.3 Å². The molecule has 0 aliphatic heterocycles. The van der Waals surface area contributed by atoms with E-state index in [1.165, 1.54) is 0 Å². The number of rotatable bonds is 8. The Kier molecular flexibility index (Phi) is 7.25. The number of nitrogens with one attached hydrogen (secondary N) is 2. The Labute approximate surface area is 202 Å². The summed E-state index contributed by atoms with van der Waals surface area (Å²) < 4.78 is 6.96. The molecule has 1 aromatic heterocycles. The Hall–Kier alpha value is -4.10. The van der Waals surface area contributed by atoms with Crippen molar-refractivity contribution in [3.8, 4) is 5.75 Å². The zero-order valence-electron chi connectivity index (χ0n) is 18.5. The van der Waals surface area contributed by atoms with E-state index in [1.807, 2.05) is 53.1 Å². The number of nitrogens with zero attached hydrogens (tertiary/aromatic N) is 2. The predicted molar refractivity (Wildman–Crippen MR) is 133 cm³/mol. The zero-order valence-corrected chi connectivity index (χ0v) is 19.3. The van der Waals surface area contributed by atoms with Crippen LogP contribution in [0, 0.1) is 0 Å². The van der Waals surface area contributed by atoms with Gasteiger partial charge in [-0.25, -0.2) is 4.98 Å². The summed E-state index contributed by atoms with van der Waals surface area (Å²) in [5.41, 5.74) is 3.60. The summed E-state index contributed by atoms with van der Waals surface area (Å²) in [6.07, 6.45) is 3.58. The number of carbonyl (C=O) groups excluding carboxylic acids is 2. The molecule has 4 rings (SSSR count). The van der Waals surface area contributed by atoms with Gasteiger partial charge in [-0.1, -0.05) is 35.9 Å². The van der Waals surface area contributed by atoms with E-state index in [2.05, 4.69) is 15.6 Å². The van der Waals surface area contributed by atoms with Gasteiger partial charge in [0.05, 0.1) is 19.9 Å². The minimum Gasteiger partial charge on any atom is -0.497 e. The lowest BCUT2D eigenvalue weighted by Gasteiger charge is -2.08. The minimum absolute atomic E-state index is 0.0936. The van der Waals surface area contributed by atoms with Crippen molar-refractivity contribution in [1.82, 2.24) is 9.55 Å². The van der Waals surface area contributed by atoms with Crippen LogP contribution < -0.4 is 15.4 Å². The standard InChI is InChI=1S/C26H23ClN4O3/c1-34-23-12-4-18(5-13-23)14-25(32)29-21-8-2-19(3-9-21)15-31-16-24(28-17-31)26(33)30-22-10-6-20(27)7-11-22/h2-13,16-17H,14-15H2,1H3,(H,29,32)(H,30,33). The molecule has 0 saturated heterocycles. The Morgan fingerprint density at radius 3 is 2.18 bits per heavy atom. The average Bonchev–Trinajstić information content (AvgIpc) is 3.31. The van der Waals surface area contributed by atoms with Gasteiger partial charge < -0.3 is 19.9 Å². The first-order valence-electron chi connectivity index (χ1n) is 10.6. The lowest BCUT2D eigenvalue weighted by Crippen LogP contribution is -2.14. The summed E-state index contributed by atoms with van der Waals surface area (Å²) in [5, 5.41) is 6.30. The zero-order chi connectivity index (χ0) is 23.9. The summed E-state index contributed by atoms with van der Waals surface area (Å²) >= 11 is 5.87. The molecule has 2 amide bonds. The quantitative estimate of drug-likeness (QED) is 0.375. The van der Waals surface area contributed by atoms with Gasteiger partial charge in [0.2, 0.25) is 5.91 Å². The lowest BCUT2D eigenvalue weighted by atomic mass is 10.1. The van der Waals surface area contributed by atoms with E-state index in [4.69, 9.17) is 16.3 Å². The van der Waals surface area contributed by atoms with Gasteiger partial charge in [0.1, 0.15) is 11.4 Å². The van der Waals surface area contributed by atoms with Crippen LogP contribution in [0.1, 0.15) is 21.6 Å². The van der Waals surface area contributed by atoms with Crippen molar-refractivity contribution in [2.75, 3.05) is 17.7 Å². The molecule has 172 valence electrons. The van der Waals surface area contributed by atoms with Crippen molar-refractivity contribution in [3.05, 3.63) is 107 Å². The molecule has 1 heterocycles. The fourth-order valence-corrected chi connectivity index (χ4v) is 3.46. The molecule has 0 aliphatic rings. The molecule has 8 heteroatoms. The first kappa shape index (κ1) is 23.1. The molecule has 7 nitrogen and oxygen atoms in total. The highest BCUT2D eigenvalue weighted by molar-refractivity contribution is 6.30. The number of hydrogen-bond acceptors (Lipinski definition) is 4. The maximum absolute atomic E-state index is 12.4. The van der Waals surface area contributed by atoms with Crippen LogP contribution in [0.5, 0.6) is 5.75 Å². The number of aromatic nitrogens is 2. The van der Waals surface area contributed by atoms with Gasteiger partial charge in [-0.3, -0.25) is 9.59 Å². The van der Waals surface area contributed by atoms with E-state index in [9.17, 15) is 9.59 Å². The van der Waals surface area contributed by atoms with Crippen LogP contribution >= 0.6 is 11.6 Å². The Bertz CT molecular complexity index is 1270. The number of hydrogen-bond donors (Lipinski definition) is 2. The number of carbonyl (C=O) groups is 2. The van der Waals surface area contributed by atoms with Crippen LogP contribution in [0.3, 0.4) is 0 Å². The molecular formula is C26H23ClN4O3. The second-order valence-electron chi connectivity index (χ2n) is 7.66. The average molecular weight is 475 g/mol. The summed E-state index contributed by atoms with van der Waals surface area (Å²) in [5.74, 6) is 0.367. The maximum Gasteiger partial charge on any atom is 0.275 e. The number of benzene rings is 3. The SMILES string of the molecule is COc1ccc(CC(=O)Nc2ccc(Cn3cnc(C(=O)Nc4ccc(Cl)cc4)c3)cc2)cc1. The van der Waals surface area contributed by atoms with Gasteiger partial charge >= 0.3 is 0 Å². The van der Waals surface area contributed by atoms with Gasteiger partial charge in [0, 0.05) is 29.1 Å². The molecule has 0 spiro atoms. The molecule has 0 saturated carbocycles. The number of ether oxygens (including phenoxy) is 1. The van der Waals surface area contributed by atoms with Crippen LogP contribution in [0.25, 0.3) is 0 Å². The third-order valence-electron chi connectivity index (χ3n) is 5.09. The molecule has 3 aromatic carbocycles. The summed E-state index contributed by atoms with van der Waals surface area (Å²) in [4.78, 5) is 28.9. The molecule has 0 fully saturated rings. The van der Waals surface area contributed by atoms with Crippen LogP contribution in [-0.2, 0) is 17.8 Å². The van der Waals surface area contributed by atoms with Crippen LogP contribution in [0.2, 0.25) is 5.02 Å². The minimum atomic E-state index is -0.295. The third kappa shape index (κ3) is 6.24. The largest absolute Gasteiger partial charge is 0.497 e. The molecule has 0 radical (unpaired) electrons. The summed E-state index contributed by atoms with van der Waals surface area (Å²) in [6, 6.07) is 21.9. The first-order chi connectivity index (χ1) is 16.5. The second-order valence-corrected chi connectivity index (χ2v) is 8.10. The second kappa shape index (κ2) is 10.7. The van der Waals surface area contributed by atoms with E-state index in [-0.39, 0.29) is 18.2 Å². The molecule has 0 bridgehead atoms. The Morgan fingerprint density at radius 1 is 0.882 bits per heavy atom. The van der Waals surface area contributed by atoms with Crippen LogP contribution in [-0.4, -0.2) is 28.5 Å². The van der Waals surface area contributed by atoms with Crippen molar-refractivity contribution in [2.45, 2.75) is 13.0 Å². The fraction of sp³-hybridized carbons (Fsp3) is 0.115. The smallest absolute Gasteiger partial charge is 0.275 e. The van der Waals surface area contributed by atoms with E-state index < -0.39 is 0 Å². The van der Waals surface area contributed by atoms with Crippen molar-refractivity contribution in [3.63, 3.8) is 0 Å². The molecule has 34 heavy (non-hydrogen) atoms. The third-order valence-corrected chi connectivity index (χ3v) is 5.35. The molecule has 0 aliphatic carbocycles. The maximum atomic E-state index is 12.4. The van der Waals surface area contributed by atoms with E-state index in [1.54, 1.807) is 43.9 Å². The van der Waals surface area contributed by atoms with Gasteiger partial charge in [-0.05, 0) is 59.7 Å².